The number of ether oxygens (including phenoxy) is 1. The average Bonchev–Trinajstić information content (AvgIpc) is 2.41. The molecule has 0 fully saturated rings. The van der Waals surface area contributed by atoms with Crippen LogP contribution >= 0.6 is 0 Å². The van der Waals surface area contributed by atoms with E-state index in [0.29, 0.717) is 0 Å². The Morgan fingerprint density at radius 1 is 1.29 bits per heavy atom. The van der Waals surface area contributed by atoms with Gasteiger partial charge in [0.1, 0.15) is 11.3 Å². The first kappa shape index (κ1) is 16.5. The van der Waals surface area contributed by atoms with Crippen molar-refractivity contribution in [3.63, 3.8) is 0 Å². The average molecular weight is 294 g/mol. The third-order valence-corrected chi connectivity index (χ3v) is 2.64. The van der Waals surface area contributed by atoms with Crippen molar-refractivity contribution in [2.45, 2.75) is 6.92 Å². The number of hydrogen-bond donors (Lipinski definition) is 2. The number of aryl methyl sites for hydroxylation is 1. The summed E-state index contributed by atoms with van der Waals surface area (Å²) in [6.45, 7) is 1.08. The Kier molecular flexibility index (Phi) is 5.71. The van der Waals surface area contributed by atoms with Crippen LogP contribution in [0, 0.1) is 6.92 Å². The quantitative estimate of drug-likeness (QED) is 0.749. The Hall–Kier alpha value is -2.57. The van der Waals surface area contributed by atoms with Crippen LogP contribution in [0.15, 0.2) is 18.2 Å². The second-order valence-electron chi connectivity index (χ2n) is 4.66. The third kappa shape index (κ3) is 5.13. The Morgan fingerprint density at radius 3 is 2.52 bits per heavy atom. The second-order valence-corrected chi connectivity index (χ2v) is 4.66. The molecule has 0 bridgehead atoms. The highest BCUT2D eigenvalue weighted by molar-refractivity contribution is 5.94. The summed E-state index contributed by atoms with van der Waals surface area (Å²) in [6.07, 6.45) is 0. The van der Waals surface area contributed by atoms with Crippen molar-refractivity contribution in [1.29, 1.82) is 0 Å². The molecule has 0 atom stereocenters. The summed E-state index contributed by atoms with van der Waals surface area (Å²) in [5, 5.41) is 11.9. The van der Waals surface area contributed by atoms with Crippen molar-refractivity contribution in [2.75, 3.05) is 27.2 Å². The number of carbonyl (C=O) groups excluding carboxylic acids is 3. The summed E-state index contributed by atoms with van der Waals surface area (Å²) in [5.41, 5.74) is 0.779. The lowest BCUT2D eigenvalue weighted by Crippen LogP contribution is -2.38. The molecule has 2 N–H and O–H groups in total. The molecule has 0 saturated heterocycles. The molecular weight excluding hydrogens is 276 g/mol. The minimum Gasteiger partial charge on any atom is -0.507 e. The molecule has 0 aliphatic heterocycles. The van der Waals surface area contributed by atoms with E-state index in [0.717, 1.165) is 5.56 Å². The molecule has 1 aromatic carbocycles. The molecule has 0 spiro atoms. The molecule has 21 heavy (non-hydrogen) atoms. The van der Waals surface area contributed by atoms with Crippen LogP contribution in [0.2, 0.25) is 0 Å². The van der Waals surface area contributed by atoms with Gasteiger partial charge in [-0.05, 0) is 24.6 Å². The molecule has 0 radical (unpaired) electrons. The summed E-state index contributed by atoms with van der Waals surface area (Å²) in [5.74, 6) is -1.87. The summed E-state index contributed by atoms with van der Waals surface area (Å²) < 4.78 is 4.77. The number of amides is 2. The molecule has 0 saturated carbocycles. The fourth-order valence-corrected chi connectivity index (χ4v) is 1.41. The van der Waals surface area contributed by atoms with Gasteiger partial charge in [0.15, 0.2) is 6.61 Å². The smallest absolute Gasteiger partial charge is 0.342 e. The molecule has 114 valence electrons. The van der Waals surface area contributed by atoms with E-state index in [2.05, 4.69) is 5.32 Å². The number of hydrogen-bond acceptors (Lipinski definition) is 5. The molecule has 7 nitrogen and oxygen atoms in total. The number of aromatic hydroxyl groups is 1. The first-order valence-corrected chi connectivity index (χ1v) is 6.25. The number of phenolic OH excluding ortho intramolecular Hbond substituents is 1. The van der Waals surface area contributed by atoms with Gasteiger partial charge in [-0.15, -0.1) is 0 Å². The van der Waals surface area contributed by atoms with Crippen LogP contribution in [0.3, 0.4) is 0 Å². The maximum absolute atomic E-state index is 11.7. The number of benzene rings is 1. The van der Waals surface area contributed by atoms with Crippen LogP contribution in [-0.2, 0) is 14.3 Å². The van der Waals surface area contributed by atoms with E-state index in [-0.39, 0.29) is 23.8 Å². The normalized spacial score (nSPS) is 9.86. The number of likely N-dealkylation sites (N-methyl/N-ethyl adjacent to an activating group) is 1. The minimum absolute atomic E-state index is 0.0160. The van der Waals surface area contributed by atoms with Gasteiger partial charge in [0.05, 0.1) is 6.54 Å². The van der Waals surface area contributed by atoms with E-state index >= 15 is 0 Å². The van der Waals surface area contributed by atoms with Crippen LogP contribution < -0.4 is 5.32 Å². The standard InChI is InChI=1S/C14H18N2O5/c1-9-4-5-10(11(17)6-9)14(20)21-8-12(18)15-7-13(19)16(2)3/h4-6,17H,7-8H2,1-3H3,(H,15,18). The van der Waals surface area contributed by atoms with Gasteiger partial charge in [0, 0.05) is 14.1 Å². The van der Waals surface area contributed by atoms with Crippen LogP contribution in [0.1, 0.15) is 15.9 Å². The highest BCUT2D eigenvalue weighted by atomic mass is 16.5. The molecule has 0 unspecified atom stereocenters. The van der Waals surface area contributed by atoms with E-state index in [1.807, 2.05) is 0 Å². The molecular formula is C14H18N2O5. The molecule has 0 heterocycles. The van der Waals surface area contributed by atoms with Gasteiger partial charge in [-0.1, -0.05) is 6.07 Å². The van der Waals surface area contributed by atoms with Gasteiger partial charge in [-0.3, -0.25) is 9.59 Å². The Labute approximate surface area is 122 Å². The molecule has 0 aromatic heterocycles. The van der Waals surface area contributed by atoms with Gasteiger partial charge < -0.3 is 20.1 Å². The van der Waals surface area contributed by atoms with E-state index < -0.39 is 18.5 Å². The zero-order chi connectivity index (χ0) is 16.0. The largest absolute Gasteiger partial charge is 0.507 e. The van der Waals surface area contributed by atoms with Crippen molar-refractivity contribution in [3.05, 3.63) is 29.3 Å². The summed E-state index contributed by atoms with van der Waals surface area (Å²) in [6, 6.07) is 4.49. The molecule has 0 aliphatic carbocycles. The number of phenols is 1. The van der Waals surface area contributed by atoms with Gasteiger partial charge in [-0.2, -0.15) is 0 Å². The Bertz CT molecular complexity index is 554. The Balaban J connectivity index is 2.46. The second kappa shape index (κ2) is 7.28. The van der Waals surface area contributed by atoms with Crippen molar-refractivity contribution >= 4 is 17.8 Å². The van der Waals surface area contributed by atoms with E-state index in [9.17, 15) is 19.5 Å². The number of carbonyl (C=O) groups is 3. The van der Waals surface area contributed by atoms with Crippen molar-refractivity contribution in [1.82, 2.24) is 10.2 Å². The molecule has 7 heteroatoms. The van der Waals surface area contributed by atoms with Crippen molar-refractivity contribution in [3.8, 4) is 5.75 Å². The SMILES string of the molecule is Cc1ccc(C(=O)OCC(=O)NCC(=O)N(C)C)c(O)c1. The molecule has 1 aromatic rings. The van der Waals surface area contributed by atoms with Crippen molar-refractivity contribution < 1.29 is 24.2 Å². The monoisotopic (exact) mass is 294 g/mol. The number of nitrogens with zero attached hydrogens (tertiary/aromatic N) is 1. The lowest BCUT2D eigenvalue weighted by molar-refractivity contribution is -0.131. The van der Waals surface area contributed by atoms with Crippen LogP contribution in [0.25, 0.3) is 0 Å². The molecule has 2 amide bonds. The summed E-state index contributed by atoms with van der Waals surface area (Å²) >= 11 is 0. The fourth-order valence-electron chi connectivity index (χ4n) is 1.41. The molecule has 1 rings (SSSR count). The molecule has 0 aliphatic rings. The topological polar surface area (TPSA) is 95.9 Å². The number of esters is 1. The van der Waals surface area contributed by atoms with Gasteiger partial charge >= 0.3 is 5.97 Å². The predicted octanol–water partition coefficient (Wildman–Crippen LogP) is 0.0618. The lowest BCUT2D eigenvalue weighted by Gasteiger charge is -2.11. The maximum atomic E-state index is 11.7. The highest BCUT2D eigenvalue weighted by Gasteiger charge is 2.15. The Morgan fingerprint density at radius 2 is 1.95 bits per heavy atom. The maximum Gasteiger partial charge on any atom is 0.342 e. The zero-order valence-electron chi connectivity index (χ0n) is 12.2. The lowest BCUT2D eigenvalue weighted by atomic mass is 10.1. The minimum atomic E-state index is -0.804. The fraction of sp³-hybridized carbons (Fsp3) is 0.357. The predicted molar refractivity (Wildman–Crippen MR) is 74.8 cm³/mol. The van der Waals surface area contributed by atoms with E-state index in [1.165, 1.54) is 17.0 Å². The van der Waals surface area contributed by atoms with Crippen LogP contribution in [-0.4, -0.2) is 55.0 Å². The first-order valence-electron chi connectivity index (χ1n) is 6.25. The van der Waals surface area contributed by atoms with Crippen molar-refractivity contribution in [2.24, 2.45) is 0 Å². The summed E-state index contributed by atoms with van der Waals surface area (Å²) in [7, 11) is 3.13. The van der Waals surface area contributed by atoms with Gasteiger partial charge in [-0.25, -0.2) is 4.79 Å². The zero-order valence-corrected chi connectivity index (χ0v) is 12.2. The van der Waals surface area contributed by atoms with Crippen LogP contribution in [0.4, 0.5) is 0 Å². The van der Waals surface area contributed by atoms with Gasteiger partial charge in [0.25, 0.3) is 5.91 Å². The van der Waals surface area contributed by atoms with E-state index in [1.54, 1.807) is 27.1 Å². The number of nitrogens with one attached hydrogen (secondary N) is 1. The number of rotatable bonds is 5. The third-order valence-electron chi connectivity index (χ3n) is 2.64. The first-order chi connectivity index (χ1) is 9.81. The van der Waals surface area contributed by atoms with Gasteiger partial charge in [0.2, 0.25) is 5.91 Å². The summed E-state index contributed by atoms with van der Waals surface area (Å²) in [4.78, 5) is 35.7. The van der Waals surface area contributed by atoms with E-state index in [4.69, 9.17) is 4.74 Å². The highest BCUT2D eigenvalue weighted by Crippen LogP contribution is 2.19. The van der Waals surface area contributed by atoms with Crippen LogP contribution in [0.5, 0.6) is 5.75 Å².